The molecule has 0 atom stereocenters. The van der Waals surface area contributed by atoms with Crippen molar-refractivity contribution in [2.24, 2.45) is 0 Å². The first-order valence-electron chi connectivity index (χ1n) is 4.72. The summed E-state index contributed by atoms with van der Waals surface area (Å²) in [4.78, 5) is 10.6. The first-order valence-corrected chi connectivity index (χ1v) is 4.72. The van der Waals surface area contributed by atoms with Gasteiger partial charge in [-0.25, -0.2) is 0 Å². The van der Waals surface area contributed by atoms with Gasteiger partial charge >= 0.3 is 0 Å². The second kappa shape index (κ2) is 3.30. The quantitative estimate of drug-likeness (QED) is 0.609. The number of aromatic nitrogens is 3. The summed E-state index contributed by atoms with van der Waals surface area (Å²) in [6.07, 6.45) is 4.11. The van der Waals surface area contributed by atoms with Gasteiger partial charge < -0.3 is 4.42 Å². The second-order valence-electron chi connectivity index (χ2n) is 3.31. The molecule has 3 rings (SSSR count). The van der Waals surface area contributed by atoms with Crippen LogP contribution in [0.15, 0.2) is 41.1 Å². The minimum Gasteiger partial charge on any atom is -0.461 e. The molecular formula is C11H7N3O2. The van der Waals surface area contributed by atoms with Gasteiger partial charge in [0.1, 0.15) is 6.29 Å². The van der Waals surface area contributed by atoms with Crippen LogP contribution in [0.4, 0.5) is 0 Å². The van der Waals surface area contributed by atoms with E-state index in [0.29, 0.717) is 22.8 Å². The second-order valence-corrected chi connectivity index (χ2v) is 3.31. The molecule has 0 saturated carbocycles. The van der Waals surface area contributed by atoms with Crippen LogP contribution in [-0.2, 0) is 0 Å². The zero-order valence-electron chi connectivity index (χ0n) is 8.20. The third kappa shape index (κ3) is 1.22. The number of furan rings is 1. The van der Waals surface area contributed by atoms with Crippen molar-refractivity contribution in [1.29, 1.82) is 0 Å². The Balaban J connectivity index is 2.25. The molecule has 0 aromatic carbocycles. The lowest BCUT2D eigenvalue weighted by Crippen LogP contribution is -1.89. The van der Waals surface area contributed by atoms with Gasteiger partial charge in [-0.05, 0) is 24.3 Å². The molecule has 16 heavy (non-hydrogen) atoms. The van der Waals surface area contributed by atoms with Crippen molar-refractivity contribution >= 4 is 11.9 Å². The third-order valence-corrected chi connectivity index (χ3v) is 2.31. The summed E-state index contributed by atoms with van der Waals surface area (Å²) in [5.74, 6) is 1.27. The minimum atomic E-state index is 0.575. The molecule has 0 N–H and O–H groups in total. The minimum absolute atomic E-state index is 0.575. The Morgan fingerprint density at radius 1 is 1.31 bits per heavy atom. The van der Waals surface area contributed by atoms with Crippen LogP contribution in [0.25, 0.3) is 17.2 Å². The van der Waals surface area contributed by atoms with Gasteiger partial charge in [-0.1, -0.05) is 0 Å². The third-order valence-electron chi connectivity index (χ3n) is 2.31. The summed E-state index contributed by atoms with van der Waals surface area (Å²) in [6.45, 7) is 0. The smallest absolute Gasteiger partial charge is 0.204 e. The number of carbonyl (C=O) groups excluding carboxylic acids is 1. The average molecular weight is 213 g/mol. The summed E-state index contributed by atoms with van der Waals surface area (Å²) < 4.78 is 7.02. The summed E-state index contributed by atoms with van der Waals surface area (Å²) in [5, 5.41) is 7.99. The highest BCUT2D eigenvalue weighted by molar-refractivity contribution is 5.76. The fourth-order valence-corrected chi connectivity index (χ4v) is 1.55. The molecule has 0 spiro atoms. The van der Waals surface area contributed by atoms with Crippen LogP contribution >= 0.6 is 0 Å². The Morgan fingerprint density at radius 2 is 2.25 bits per heavy atom. The number of fused-ring (bicyclic) bond motifs is 1. The molecule has 0 unspecified atom stereocenters. The van der Waals surface area contributed by atoms with Crippen molar-refractivity contribution in [2.45, 2.75) is 0 Å². The number of hydrogen-bond donors (Lipinski definition) is 0. The lowest BCUT2D eigenvalue weighted by molar-refractivity contribution is 0.112. The van der Waals surface area contributed by atoms with Gasteiger partial charge in [0.25, 0.3) is 0 Å². The summed E-state index contributed by atoms with van der Waals surface area (Å²) in [6, 6.07) is 6.97. The van der Waals surface area contributed by atoms with Crippen LogP contribution in [-0.4, -0.2) is 20.9 Å². The Hall–Kier alpha value is -2.43. The molecule has 3 aromatic rings. The molecule has 0 aliphatic carbocycles. The maximum absolute atomic E-state index is 10.6. The van der Waals surface area contributed by atoms with Crippen molar-refractivity contribution < 1.29 is 9.21 Å². The zero-order chi connectivity index (χ0) is 11.0. The molecule has 3 aromatic heterocycles. The van der Waals surface area contributed by atoms with Crippen molar-refractivity contribution in [3.63, 3.8) is 0 Å². The van der Waals surface area contributed by atoms with Crippen LogP contribution in [0, 0.1) is 0 Å². The number of hydrogen-bond acceptors (Lipinski definition) is 4. The number of aldehydes is 1. The fraction of sp³-hybridized carbons (Fsp3) is 0. The maximum atomic E-state index is 10.6. The van der Waals surface area contributed by atoms with Crippen molar-refractivity contribution in [2.75, 3.05) is 0 Å². The number of nitrogens with zero attached hydrogens (tertiary/aromatic N) is 3. The monoisotopic (exact) mass is 213 g/mol. The summed E-state index contributed by atoms with van der Waals surface area (Å²) >= 11 is 0. The zero-order valence-corrected chi connectivity index (χ0v) is 8.20. The molecule has 78 valence electrons. The summed E-state index contributed by atoms with van der Waals surface area (Å²) in [7, 11) is 0. The first-order chi connectivity index (χ1) is 7.88. The molecule has 0 saturated heterocycles. The van der Waals surface area contributed by atoms with Crippen LogP contribution in [0.2, 0.25) is 0 Å². The van der Waals surface area contributed by atoms with Gasteiger partial charge in [0.15, 0.2) is 11.4 Å². The number of rotatable bonds is 2. The number of pyridine rings is 1. The predicted molar refractivity (Wildman–Crippen MR) is 56.1 cm³/mol. The Morgan fingerprint density at radius 3 is 3.00 bits per heavy atom. The molecule has 5 nitrogen and oxygen atoms in total. The average Bonchev–Trinajstić information content (AvgIpc) is 2.96. The van der Waals surface area contributed by atoms with E-state index in [9.17, 15) is 4.79 Å². The standard InChI is InChI=1S/C11H7N3O2/c15-7-8-3-4-14-10(6-8)12-13-11(14)9-2-1-5-16-9/h1-7H. The highest BCUT2D eigenvalue weighted by atomic mass is 16.3. The van der Waals surface area contributed by atoms with Crippen molar-refractivity contribution in [1.82, 2.24) is 14.6 Å². The van der Waals surface area contributed by atoms with Crippen LogP contribution < -0.4 is 0 Å². The topological polar surface area (TPSA) is 60.4 Å². The van der Waals surface area contributed by atoms with Crippen LogP contribution in [0.1, 0.15) is 10.4 Å². The summed E-state index contributed by atoms with van der Waals surface area (Å²) in [5.41, 5.74) is 1.20. The fourth-order valence-electron chi connectivity index (χ4n) is 1.55. The highest BCUT2D eigenvalue weighted by Crippen LogP contribution is 2.18. The van der Waals surface area contributed by atoms with Crippen molar-refractivity contribution in [3.8, 4) is 11.6 Å². The molecule has 3 heterocycles. The van der Waals surface area contributed by atoms with Gasteiger partial charge in [-0.2, -0.15) is 0 Å². The van der Waals surface area contributed by atoms with Crippen molar-refractivity contribution in [3.05, 3.63) is 42.3 Å². The van der Waals surface area contributed by atoms with E-state index in [1.165, 1.54) is 0 Å². The molecule has 0 radical (unpaired) electrons. The molecule has 0 aliphatic rings. The Labute approximate surface area is 90.3 Å². The van der Waals surface area contributed by atoms with Crippen LogP contribution in [0.3, 0.4) is 0 Å². The van der Waals surface area contributed by atoms with Crippen LogP contribution in [0.5, 0.6) is 0 Å². The van der Waals surface area contributed by atoms with E-state index in [-0.39, 0.29) is 0 Å². The van der Waals surface area contributed by atoms with E-state index < -0.39 is 0 Å². The molecular weight excluding hydrogens is 206 g/mol. The van der Waals surface area contributed by atoms with E-state index in [2.05, 4.69) is 10.2 Å². The molecule has 5 heteroatoms. The van der Waals surface area contributed by atoms with Gasteiger partial charge in [0, 0.05) is 11.8 Å². The van der Waals surface area contributed by atoms with E-state index >= 15 is 0 Å². The largest absolute Gasteiger partial charge is 0.461 e. The van der Waals surface area contributed by atoms with Gasteiger partial charge in [-0.15, -0.1) is 10.2 Å². The van der Waals surface area contributed by atoms with E-state index in [1.807, 2.05) is 6.07 Å². The van der Waals surface area contributed by atoms with E-state index in [4.69, 9.17) is 4.42 Å². The van der Waals surface area contributed by atoms with E-state index in [1.54, 1.807) is 35.1 Å². The van der Waals surface area contributed by atoms with Gasteiger partial charge in [0.2, 0.25) is 5.82 Å². The normalized spacial score (nSPS) is 10.8. The lowest BCUT2D eigenvalue weighted by atomic mass is 10.3. The van der Waals surface area contributed by atoms with Gasteiger partial charge in [-0.3, -0.25) is 9.20 Å². The van der Waals surface area contributed by atoms with Gasteiger partial charge in [0.05, 0.1) is 6.26 Å². The predicted octanol–water partition coefficient (Wildman–Crippen LogP) is 1.80. The SMILES string of the molecule is O=Cc1ccn2c(-c3ccco3)nnc2c1. The molecule has 0 fully saturated rings. The van der Waals surface area contributed by atoms with E-state index in [0.717, 1.165) is 6.29 Å². The Bertz CT molecular complexity index is 640. The molecule has 0 amide bonds. The number of carbonyl (C=O) groups is 1. The molecule has 0 aliphatic heterocycles. The first kappa shape index (κ1) is 8.84. The highest BCUT2D eigenvalue weighted by Gasteiger charge is 2.10. The Kier molecular flexibility index (Phi) is 1.83. The maximum Gasteiger partial charge on any atom is 0.204 e. The lowest BCUT2D eigenvalue weighted by Gasteiger charge is -1.96. The molecule has 0 bridgehead atoms.